The number of β-amino-alcohol motifs (C(OH)–C–C–N with tert-alkyl or cyclic N) is 1. The van der Waals surface area contributed by atoms with E-state index in [0.29, 0.717) is 11.6 Å². The smallest absolute Gasteiger partial charge is 0.119 e. The summed E-state index contributed by atoms with van der Waals surface area (Å²) in [6.45, 7) is 5.02. The molecule has 94 valence electrons. The average Bonchev–Trinajstić information content (AvgIpc) is 2.29. The lowest BCUT2D eigenvalue weighted by molar-refractivity contribution is -0.102. The van der Waals surface area contributed by atoms with E-state index >= 15 is 0 Å². The van der Waals surface area contributed by atoms with Crippen LogP contribution in [0.1, 0.15) is 13.3 Å². The monoisotopic (exact) mass is 255 g/mol. The Labute approximate surface area is 107 Å². The van der Waals surface area contributed by atoms with Crippen molar-refractivity contribution < 1.29 is 9.84 Å². The van der Waals surface area contributed by atoms with Crippen molar-refractivity contribution in [3.05, 3.63) is 29.3 Å². The molecule has 1 saturated heterocycles. The van der Waals surface area contributed by atoms with Gasteiger partial charge in [0.1, 0.15) is 12.4 Å². The molecule has 0 amide bonds. The normalized spacial score (nSPS) is 18.8. The lowest BCUT2D eigenvalue weighted by Gasteiger charge is -2.46. The van der Waals surface area contributed by atoms with Crippen molar-refractivity contribution in [2.45, 2.75) is 18.9 Å². The minimum atomic E-state index is -0.458. The van der Waals surface area contributed by atoms with E-state index in [9.17, 15) is 5.11 Å². The predicted molar refractivity (Wildman–Crippen MR) is 68.6 cm³/mol. The fourth-order valence-corrected chi connectivity index (χ4v) is 2.12. The molecule has 1 aromatic carbocycles. The van der Waals surface area contributed by atoms with E-state index in [4.69, 9.17) is 16.3 Å². The van der Waals surface area contributed by atoms with Gasteiger partial charge in [0.15, 0.2) is 0 Å². The fourth-order valence-electron chi connectivity index (χ4n) is 1.99. The molecule has 3 nitrogen and oxygen atoms in total. The predicted octanol–water partition coefficient (Wildman–Crippen LogP) is 2.18. The number of hydrogen-bond donors (Lipinski definition) is 1. The van der Waals surface area contributed by atoms with Crippen molar-refractivity contribution in [1.29, 1.82) is 0 Å². The zero-order chi connectivity index (χ0) is 12.3. The Kier molecular flexibility index (Phi) is 3.92. The van der Waals surface area contributed by atoms with Gasteiger partial charge in [-0.2, -0.15) is 0 Å². The number of nitrogens with zero attached hydrogens (tertiary/aromatic N) is 1. The summed E-state index contributed by atoms with van der Waals surface area (Å²) in [5, 5.41) is 10.6. The maximum absolute atomic E-state index is 9.84. The maximum Gasteiger partial charge on any atom is 0.119 e. The van der Waals surface area contributed by atoms with Crippen LogP contribution < -0.4 is 4.74 Å². The van der Waals surface area contributed by atoms with Gasteiger partial charge in [0.05, 0.1) is 5.60 Å². The van der Waals surface area contributed by atoms with Crippen LogP contribution in [0.4, 0.5) is 0 Å². The summed E-state index contributed by atoms with van der Waals surface area (Å²) < 4.78 is 5.59. The number of aliphatic hydroxyl groups is 1. The number of benzene rings is 1. The minimum Gasteiger partial charge on any atom is -0.492 e. The lowest BCUT2D eigenvalue weighted by atomic mass is 9.91. The standard InChI is InChI=1S/C13H18ClNO2/c1-2-13(16)9-15(10-13)7-8-17-12-5-3-11(14)4-6-12/h3-6,16H,2,7-10H2,1H3. The minimum absolute atomic E-state index is 0.458. The van der Waals surface area contributed by atoms with Crippen molar-refractivity contribution >= 4 is 11.6 Å². The van der Waals surface area contributed by atoms with Crippen LogP contribution in [0, 0.1) is 0 Å². The molecule has 1 fully saturated rings. The number of ether oxygens (including phenoxy) is 1. The summed E-state index contributed by atoms with van der Waals surface area (Å²) in [5.74, 6) is 0.834. The van der Waals surface area contributed by atoms with Crippen LogP contribution >= 0.6 is 11.6 Å². The summed E-state index contributed by atoms with van der Waals surface area (Å²) in [5.41, 5.74) is -0.458. The topological polar surface area (TPSA) is 32.7 Å². The SMILES string of the molecule is CCC1(O)CN(CCOc2ccc(Cl)cc2)C1. The zero-order valence-corrected chi connectivity index (χ0v) is 10.8. The van der Waals surface area contributed by atoms with E-state index < -0.39 is 5.60 Å². The molecule has 1 aromatic rings. The first kappa shape index (κ1) is 12.7. The molecule has 1 aliphatic heterocycles. The van der Waals surface area contributed by atoms with Crippen LogP contribution in [0.3, 0.4) is 0 Å². The van der Waals surface area contributed by atoms with Crippen LogP contribution in [0.2, 0.25) is 5.02 Å². The molecule has 1 N–H and O–H groups in total. The summed E-state index contributed by atoms with van der Waals surface area (Å²) in [7, 11) is 0. The Morgan fingerprint density at radius 2 is 2.00 bits per heavy atom. The molecule has 4 heteroatoms. The van der Waals surface area contributed by atoms with Crippen LogP contribution in [0.5, 0.6) is 5.75 Å². The van der Waals surface area contributed by atoms with Crippen molar-refractivity contribution in [2.75, 3.05) is 26.2 Å². The third-order valence-electron chi connectivity index (χ3n) is 3.18. The van der Waals surface area contributed by atoms with Gasteiger partial charge in [-0.15, -0.1) is 0 Å². The van der Waals surface area contributed by atoms with Crippen LogP contribution in [-0.2, 0) is 0 Å². The fraction of sp³-hybridized carbons (Fsp3) is 0.538. The van der Waals surface area contributed by atoms with Gasteiger partial charge >= 0.3 is 0 Å². The summed E-state index contributed by atoms with van der Waals surface area (Å²) >= 11 is 5.78. The third kappa shape index (κ3) is 3.35. The Balaban J connectivity index is 1.66. The molecule has 0 aliphatic carbocycles. The summed E-state index contributed by atoms with van der Waals surface area (Å²) in [6.07, 6.45) is 0.821. The van der Waals surface area contributed by atoms with Gasteiger partial charge in [0.2, 0.25) is 0 Å². The molecule has 0 aromatic heterocycles. The highest BCUT2D eigenvalue weighted by Crippen LogP contribution is 2.23. The first-order valence-corrected chi connectivity index (χ1v) is 6.32. The molecule has 0 saturated carbocycles. The number of likely N-dealkylation sites (tertiary alicyclic amines) is 1. The third-order valence-corrected chi connectivity index (χ3v) is 3.44. The van der Waals surface area contributed by atoms with E-state index in [1.807, 2.05) is 31.2 Å². The zero-order valence-electron chi connectivity index (χ0n) is 10.0. The molecule has 1 aliphatic rings. The number of halogens is 1. The second kappa shape index (κ2) is 5.25. The maximum atomic E-state index is 9.84. The van der Waals surface area contributed by atoms with Gasteiger partial charge in [0, 0.05) is 24.7 Å². The van der Waals surface area contributed by atoms with E-state index in [0.717, 1.165) is 31.8 Å². The molecular formula is C13H18ClNO2. The Bertz CT molecular complexity index is 360. The van der Waals surface area contributed by atoms with E-state index in [1.54, 1.807) is 0 Å². The van der Waals surface area contributed by atoms with Crippen molar-refractivity contribution in [3.63, 3.8) is 0 Å². The van der Waals surface area contributed by atoms with Gasteiger partial charge in [-0.05, 0) is 30.7 Å². The molecule has 0 spiro atoms. The highest BCUT2D eigenvalue weighted by molar-refractivity contribution is 6.30. The van der Waals surface area contributed by atoms with Gasteiger partial charge in [-0.1, -0.05) is 18.5 Å². The molecule has 0 atom stereocenters. The average molecular weight is 256 g/mol. The van der Waals surface area contributed by atoms with E-state index in [2.05, 4.69) is 4.90 Å². The van der Waals surface area contributed by atoms with Crippen molar-refractivity contribution in [1.82, 2.24) is 4.90 Å². The molecule has 17 heavy (non-hydrogen) atoms. The lowest BCUT2D eigenvalue weighted by Crippen LogP contribution is -2.61. The molecule has 0 unspecified atom stereocenters. The number of rotatable bonds is 5. The quantitative estimate of drug-likeness (QED) is 0.875. The van der Waals surface area contributed by atoms with Gasteiger partial charge in [-0.25, -0.2) is 0 Å². The van der Waals surface area contributed by atoms with Crippen LogP contribution in [0.25, 0.3) is 0 Å². The second-order valence-electron chi connectivity index (χ2n) is 4.59. The van der Waals surface area contributed by atoms with Crippen molar-refractivity contribution in [2.24, 2.45) is 0 Å². The highest BCUT2D eigenvalue weighted by atomic mass is 35.5. The van der Waals surface area contributed by atoms with Gasteiger partial charge < -0.3 is 9.84 Å². The molecular weight excluding hydrogens is 238 g/mol. The van der Waals surface area contributed by atoms with Crippen LogP contribution in [-0.4, -0.2) is 41.8 Å². The largest absolute Gasteiger partial charge is 0.492 e. The van der Waals surface area contributed by atoms with E-state index in [-0.39, 0.29) is 0 Å². The second-order valence-corrected chi connectivity index (χ2v) is 5.03. The Morgan fingerprint density at radius 3 is 2.59 bits per heavy atom. The first-order valence-electron chi connectivity index (χ1n) is 5.94. The van der Waals surface area contributed by atoms with E-state index in [1.165, 1.54) is 0 Å². The first-order chi connectivity index (χ1) is 8.11. The van der Waals surface area contributed by atoms with Crippen molar-refractivity contribution in [3.8, 4) is 5.75 Å². The number of hydrogen-bond acceptors (Lipinski definition) is 3. The Morgan fingerprint density at radius 1 is 1.35 bits per heavy atom. The van der Waals surface area contributed by atoms with Crippen LogP contribution in [0.15, 0.2) is 24.3 Å². The highest BCUT2D eigenvalue weighted by Gasteiger charge is 2.38. The molecule has 2 rings (SSSR count). The molecule has 0 radical (unpaired) electrons. The summed E-state index contributed by atoms with van der Waals surface area (Å²) in [6, 6.07) is 7.36. The van der Waals surface area contributed by atoms with Gasteiger partial charge in [0.25, 0.3) is 0 Å². The summed E-state index contributed by atoms with van der Waals surface area (Å²) in [4.78, 5) is 2.19. The molecule has 0 bridgehead atoms. The molecule has 1 heterocycles. The van der Waals surface area contributed by atoms with Gasteiger partial charge in [-0.3, -0.25) is 4.90 Å². The Hall–Kier alpha value is -0.770.